The van der Waals surface area contributed by atoms with Crippen LogP contribution < -0.4 is 10.8 Å². The summed E-state index contributed by atoms with van der Waals surface area (Å²) in [5, 5.41) is 22.8. The van der Waals surface area contributed by atoms with Gasteiger partial charge in [-0.2, -0.15) is 13.2 Å². The Balaban J connectivity index is 1.59. The highest BCUT2D eigenvalue weighted by molar-refractivity contribution is 6.59. The summed E-state index contributed by atoms with van der Waals surface area (Å²) in [5.74, 6) is 0. The Morgan fingerprint density at radius 3 is 2.51 bits per heavy atom. The van der Waals surface area contributed by atoms with Gasteiger partial charge >= 0.3 is 13.3 Å². The number of pyridine rings is 1. The lowest BCUT2D eigenvalue weighted by atomic mass is 9.72. The highest BCUT2D eigenvalue weighted by Crippen LogP contribution is 2.40. The van der Waals surface area contributed by atoms with Gasteiger partial charge < -0.3 is 15.4 Å². The lowest BCUT2D eigenvalue weighted by Crippen LogP contribution is -2.54. The van der Waals surface area contributed by atoms with Crippen LogP contribution in [0.25, 0.3) is 0 Å². The fraction of sp³-hybridized carbons (Fsp3) is 0.542. The minimum absolute atomic E-state index is 0.227. The Kier molecular flexibility index (Phi) is 7.70. The Labute approximate surface area is 203 Å². The van der Waals surface area contributed by atoms with Gasteiger partial charge in [-0.3, -0.25) is 19.2 Å². The van der Waals surface area contributed by atoms with Gasteiger partial charge in [0.05, 0.1) is 42.9 Å². The molecule has 190 valence electrons. The van der Waals surface area contributed by atoms with Crippen LogP contribution in [0, 0.1) is 6.92 Å². The lowest BCUT2D eigenvalue weighted by Gasteiger charge is -2.43. The lowest BCUT2D eigenvalue weighted by molar-refractivity contribution is -0.155. The van der Waals surface area contributed by atoms with E-state index in [1.54, 1.807) is 38.2 Å². The maximum absolute atomic E-state index is 13.5. The number of likely N-dealkylation sites (tertiary alicyclic amines) is 1. The second-order valence-electron chi connectivity index (χ2n) is 9.58. The minimum Gasteiger partial charge on any atom is -0.423 e. The smallest absolute Gasteiger partial charge is 0.423 e. The third-order valence-electron chi connectivity index (χ3n) is 7.01. The molecule has 35 heavy (non-hydrogen) atoms. The van der Waals surface area contributed by atoms with E-state index >= 15 is 0 Å². The average Bonchev–Trinajstić information content (AvgIpc) is 2.76. The first kappa shape index (κ1) is 25.9. The van der Waals surface area contributed by atoms with Gasteiger partial charge in [-0.15, -0.1) is 0 Å². The predicted octanol–water partition coefficient (Wildman–Crippen LogP) is 2.42. The van der Waals surface area contributed by atoms with E-state index in [2.05, 4.69) is 15.2 Å². The number of hydrogen-bond acceptors (Lipinski definition) is 6. The highest BCUT2D eigenvalue weighted by atomic mass is 19.4. The van der Waals surface area contributed by atoms with Gasteiger partial charge in [0.1, 0.15) is 0 Å². The number of nitrogens with one attached hydrogen (secondary N) is 1. The molecule has 0 bridgehead atoms. The van der Waals surface area contributed by atoms with Crippen molar-refractivity contribution in [1.82, 2.24) is 14.8 Å². The molecule has 0 amide bonds. The summed E-state index contributed by atoms with van der Waals surface area (Å²) in [5.41, 5.74) is 3.85. The van der Waals surface area contributed by atoms with Crippen LogP contribution in [0.1, 0.15) is 41.8 Å². The summed E-state index contributed by atoms with van der Waals surface area (Å²) in [4.78, 5) is 8.13. The summed E-state index contributed by atoms with van der Waals surface area (Å²) in [6.07, 6.45) is -1.84. The van der Waals surface area contributed by atoms with E-state index in [0.29, 0.717) is 35.1 Å². The maximum Gasteiger partial charge on any atom is 0.488 e. The van der Waals surface area contributed by atoms with Crippen LogP contribution in [0.4, 0.5) is 23.2 Å². The van der Waals surface area contributed by atoms with Gasteiger partial charge in [-0.05, 0) is 61.0 Å². The second-order valence-corrected chi connectivity index (χ2v) is 9.58. The van der Waals surface area contributed by atoms with Crippen molar-refractivity contribution < 1.29 is 27.6 Å². The number of hydrogen-bond donors (Lipinski definition) is 3. The molecule has 2 atom stereocenters. The van der Waals surface area contributed by atoms with Gasteiger partial charge in [-0.25, -0.2) is 0 Å². The van der Waals surface area contributed by atoms with Crippen LogP contribution in [-0.2, 0) is 6.42 Å². The van der Waals surface area contributed by atoms with Crippen molar-refractivity contribution in [3.63, 3.8) is 0 Å². The molecule has 2 aliphatic rings. The fourth-order valence-corrected chi connectivity index (χ4v) is 5.25. The molecule has 1 aromatic heterocycles. The Hall–Kier alpha value is -2.21. The molecule has 3 N–H and O–H groups in total. The summed E-state index contributed by atoms with van der Waals surface area (Å²) >= 11 is 0. The first-order valence-corrected chi connectivity index (χ1v) is 11.9. The predicted molar refractivity (Wildman–Crippen MR) is 127 cm³/mol. The quantitative estimate of drug-likeness (QED) is 0.387. The van der Waals surface area contributed by atoms with Gasteiger partial charge in [-0.1, -0.05) is 12.1 Å². The minimum atomic E-state index is -4.37. The van der Waals surface area contributed by atoms with E-state index in [0.717, 1.165) is 30.9 Å². The maximum atomic E-state index is 13.5. The van der Waals surface area contributed by atoms with E-state index in [-0.39, 0.29) is 12.7 Å². The fourth-order valence-electron chi connectivity index (χ4n) is 5.25. The highest BCUT2D eigenvalue weighted by Gasteiger charge is 2.42. The molecule has 1 aromatic carbocycles. The zero-order valence-electron chi connectivity index (χ0n) is 19.9. The van der Waals surface area contributed by atoms with Crippen LogP contribution in [0.3, 0.4) is 0 Å². The molecule has 0 aliphatic carbocycles. The van der Waals surface area contributed by atoms with Gasteiger partial charge in [0.2, 0.25) is 0 Å². The zero-order chi connectivity index (χ0) is 25.3. The molecule has 2 unspecified atom stereocenters. The standard InChI is InChI=1S/C24H31BF4N4O2/c1-15-10-20-16(2)21(25(34)35)6-5-19(20)23(33(15)14-24(27,28)29)22-7-4-17(11-30-22)31-18-12-32(13-18)9-3-8-26/h4-7,11,15,18,23,31,34-35H,3,8-10,12-14H2,1-2H3. The molecule has 0 spiro atoms. The molecule has 4 rings (SSSR count). The molecular formula is C24H31BF4N4O2. The number of anilines is 1. The SMILES string of the molecule is Cc1c(B(O)O)ccc2c1CC(C)N(CC(F)(F)F)C2c1ccc(NC2CN(CCCF)C2)cn1. The van der Waals surface area contributed by atoms with Crippen LogP contribution in [0.5, 0.6) is 0 Å². The zero-order valence-corrected chi connectivity index (χ0v) is 19.9. The first-order valence-electron chi connectivity index (χ1n) is 11.9. The molecule has 2 aliphatic heterocycles. The normalized spacial score (nSPS) is 21.5. The number of fused-ring (bicyclic) bond motifs is 1. The van der Waals surface area contributed by atoms with Crippen molar-refractivity contribution in [1.29, 1.82) is 0 Å². The summed E-state index contributed by atoms with van der Waals surface area (Å²) < 4.78 is 52.9. The summed E-state index contributed by atoms with van der Waals surface area (Å²) in [6.45, 7) is 4.49. The number of benzene rings is 1. The molecule has 6 nitrogen and oxygen atoms in total. The topological polar surface area (TPSA) is 71.9 Å². The van der Waals surface area contributed by atoms with Crippen molar-refractivity contribution in [3.05, 3.63) is 52.8 Å². The van der Waals surface area contributed by atoms with E-state index in [9.17, 15) is 27.6 Å². The largest absolute Gasteiger partial charge is 0.488 e. The number of alkyl halides is 4. The molecular weight excluding hydrogens is 463 g/mol. The number of rotatable bonds is 8. The van der Waals surface area contributed by atoms with Gasteiger partial charge in [0.15, 0.2) is 0 Å². The molecule has 1 saturated heterocycles. The molecule has 0 radical (unpaired) electrons. The molecule has 11 heteroatoms. The van der Waals surface area contributed by atoms with Crippen LogP contribution >= 0.6 is 0 Å². The van der Waals surface area contributed by atoms with E-state index in [1.165, 1.54) is 4.90 Å². The Morgan fingerprint density at radius 2 is 1.91 bits per heavy atom. The van der Waals surface area contributed by atoms with E-state index in [1.807, 2.05) is 6.07 Å². The average molecular weight is 494 g/mol. The summed E-state index contributed by atoms with van der Waals surface area (Å²) in [6, 6.07) is 5.92. The third kappa shape index (κ3) is 5.79. The number of aromatic nitrogens is 1. The van der Waals surface area contributed by atoms with Crippen LogP contribution in [0.2, 0.25) is 0 Å². The Morgan fingerprint density at radius 1 is 1.17 bits per heavy atom. The monoisotopic (exact) mass is 494 g/mol. The molecule has 0 saturated carbocycles. The van der Waals surface area contributed by atoms with Crippen LogP contribution in [-0.4, -0.2) is 83.1 Å². The van der Waals surface area contributed by atoms with Gasteiger partial charge in [0.25, 0.3) is 0 Å². The third-order valence-corrected chi connectivity index (χ3v) is 7.01. The summed E-state index contributed by atoms with van der Waals surface area (Å²) in [7, 11) is -1.65. The molecule has 3 heterocycles. The van der Waals surface area contributed by atoms with Crippen molar-refractivity contribution in [2.45, 2.75) is 51.0 Å². The number of halogens is 4. The molecule has 1 fully saturated rings. The van der Waals surface area contributed by atoms with Crippen molar-refractivity contribution in [2.24, 2.45) is 0 Å². The van der Waals surface area contributed by atoms with Gasteiger partial charge in [0, 0.05) is 25.7 Å². The van der Waals surface area contributed by atoms with Crippen molar-refractivity contribution in [2.75, 3.05) is 38.2 Å². The first-order chi connectivity index (χ1) is 16.6. The molecule has 2 aromatic rings. The van der Waals surface area contributed by atoms with Crippen molar-refractivity contribution >= 4 is 18.3 Å². The number of nitrogens with zero attached hydrogens (tertiary/aromatic N) is 3. The van der Waals surface area contributed by atoms with E-state index in [4.69, 9.17) is 0 Å². The van der Waals surface area contributed by atoms with Crippen molar-refractivity contribution in [3.8, 4) is 0 Å². The van der Waals surface area contributed by atoms with E-state index < -0.39 is 31.9 Å². The Bertz CT molecular complexity index is 1020. The van der Waals surface area contributed by atoms with Crippen LogP contribution in [0.15, 0.2) is 30.5 Å². The second kappa shape index (κ2) is 10.4.